The molecule has 21 heavy (non-hydrogen) atoms. The van der Waals surface area contributed by atoms with Crippen LogP contribution >= 0.6 is 0 Å². The number of oxime groups is 1. The lowest BCUT2D eigenvalue weighted by Crippen LogP contribution is -2.32. The first-order valence-electron chi connectivity index (χ1n) is 6.94. The fourth-order valence-electron chi connectivity index (χ4n) is 2.23. The van der Waals surface area contributed by atoms with Crippen LogP contribution < -0.4 is 11.1 Å². The molecule has 0 fully saturated rings. The van der Waals surface area contributed by atoms with Crippen LogP contribution in [0.5, 0.6) is 0 Å². The largest absolute Gasteiger partial charge is 0.465 e. The van der Waals surface area contributed by atoms with Crippen LogP contribution in [0.4, 0.5) is 0 Å². The molecule has 5 nitrogen and oxygen atoms in total. The highest BCUT2D eigenvalue weighted by Gasteiger charge is 2.18. The molecular formula is C16H21N3O2. The molecule has 4 N–H and O–H groups in total. The average molecular weight is 287 g/mol. The Morgan fingerprint density at radius 1 is 1.29 bits per heavy atom. The molecule has 0 amide bonds. The van der Waals surface area contributed by atoms with Gasteiger partial charge in [-0.3, -0.25) is 0 Å². The molecule has 1 heterocycles. The van der Waals surface area contributed by atoms with Gasteiger partial charge in [0.2, 0.25) is 0 Å². The number of benzene rings is 1. The third-order valence-electron chi connectivity index (χ3n) is 3.49. The number of nitrogens with one attached hydrogen (secondary N) is 1. The summed E-state index contributed by atoms with van der Waals surface area (Å²) in [5.41, 5.74) is 6.82. The van der Waals surface area contributed by atoms with Gasteiger partial charge in [0.15, 0.2) is 0 Å². The number of furan rings is 1. The summed E-state index contributed by atoms with van der Waals surface area (Å²) >= 11 is 0. The van der Waals surface area contributed by atoms with Gasteiger partial charge in [0.1, 0.15) is 17.4 Å². The smallest absolute Gasteiger partial charge is 0.147 e. The Bertz CT molecular complexity index is 593. The van der Waals surface area contributed by atoms with Crippen molar-refractivity contribution in [3.8, 4) is 0 Å². The number of nitrogens with two attached hydrogens (primary N) is 1. The van der Waals surface area contributed by atoms with Crippen molar-refractivity contribution in [1.29, 1.82) is 0 Å². The maximum Gasteiger partial charge on any atom is 0.147 e. The van der Waals surface area contributed by atoms with Gasteiger partial charge in [-0.2, -0.15) is 0 Å². The maximum atomic E-state index is 8.97. The maximum absolute atomic E-state index is 8.97. The minimum Gasteiger partial charge on any atom is -0.465 e. The van der Waals surface area contributed by atoms with E-state index in [2.05, 4.69) is 10.5 Å². The monoisotopic (exact) mass is 287 g/mol. The predicted octanol–water partition coefficient (Wildman–Crippen LogP) is 2.77. The number of rotatable bonds is 6. The van der Waals surface area contributed by atoms with Crippen LogP contribution in [0, 0.1) is 6.92 Å². The van der Waals surface area contributed by atoms with Crippen LogP contribution in [0.2, 0.25) is 0 Å². The second kappa shape index (κ2) is 6.95. The highest BCUT2D eigenvalue weighted by Crippen LogP contribution is 2.19. The third-order valence-corrected chi connectivity index (χ3v) is 3.49. The first kappa shape index (κ1) is 15.1. The van der Waals surface area contributed by atoms with Gasteiger partial charge in [-0.05, 0) is 31.5 Å². The van der Waals surface area contributed by atoms with E-state index in [4.69, 9.17) is 15.4 Å². The lowest BCUT2D eigenvalue weighted by molar-refractivity contribution is 0.315. The SMILES string of the molecule is Cc1ccc(C(C)NCC(C(N)=NO)c2ccccc2)o1. The summed E-state index contributed by atoms with van der Waals surface area (Å²) in [6.45, 7) is 4.49. The van der Waals surface area contributed by atoms with Crippen LogP contribution in [-0.4, -0.2) is 17.6 Å². The van der Waals surface area contributed by atoms with E-state index in [0.717, 1.165) is 17.1 Å². The van der Waals surface area contributed by atoms with E-state index < -0.39 is 0 Å². The number of nitrogens with zero attached hydrogens (tertiary/aromatic N) is 1. The predicted molar refractivity (Wildman–Crippen MR) is 82.5 cm³/mol. The number of hydrogen-bond acceptors (Lipinski definition) is 4. The van der Waals surface area contributed by atoms with Crippen molar-refractivity contribution in [2.24, 2.45) is 10.9 Å². The molecule has 0 aliphatic heterocycles. The first-order chi connectivity index (χ1) is 10.1. The van der Waals surface area contributed by atoms with Gasteiger partial charge < -0.3 is 20.7 Å². The Balaban J connectivity index is 2.06. The molecule has 2 unspecified atom stereocenters. The summed E-state index contributed by atoms with van der Waals surface area (Å²) in [5.74, 6) is 1.76. The molecule has 0 aliphatic carbocycles. The molecule has 5 heteroatoms. The van der Waals surface area contributed by atoms with Gasteiger partial charge in [-0.25, -0.2) is 0 Å². The normalized spacial score (nSPS) is 14.9. The van der Waals surface area contributed by atoms with Crippen LogP contribution in [0.15, 0.2) is 52.0 Å². The van der Waals surface area contributed by atoms with E-state index in [1.807, 2.05) is 56.3 Å². The Morgan fingerprint density at radius 3 is 2.57 bits per heavy atom. The minimum atomic E-state index is -0.185. The summed E-state index contributed by atoms with van der Waals surface area (Å²) in [5, 5.41) is 15.5. The lowest BCUT2D eigenvalue weighted by Gasteiger charge is -2.19. The Hall–Kier alpha value is -2.27. The van der Waals surface area contributed by atoms with Crippen LogP contribution in [0.3, 0.4) is 0 Å². The Kier molecular flexibility index (Phi) is 5.00. The average Bonchev–Trinajstić information content (AvgIpc) is 2.94. The summed E-state index contributed by atoms with van der Waals surface area (Å²) in [6.07, 6.45) is 0. The second-order valence-corrected chi connectivity index (χ2v) is 5.07. The number of amidine groups is 1. The highest BCUT2D eigenvalue weighted by atomic mass is 16.4. The second-order valence-electron chi connectivity index (χ2n) is 5.07. The molecule has 1 aromatic carbocycles. The quantitative estimate of drug-likeness (QED) is 0.330. The van der Waals surface area contributed by atoms with E-state index in [1.54, 1.807) is 0 Å². The van der Waals surface area contributed by atoms with E-state index >= 15 is 0 Å². The standard InChI is InChI=1S/C16H21N3O2/c1-11-8-9-15(21-11)12(2)18-10-14(16(17)19-20)13-6-4-3-5-7-13/h3-9,12,14,18,20H,10H2,1-2H3,(H2,17,19). The molecule has 0 bridgehead atoms. The Morgan fingerprint density at radius 2 is 2.00 bits per heavy atom. The molecule has 112 valence electrons. The summed E-state index contributed by atoms with van der Waals surface area (Å²) in [6, 6.07) is 13.7. The van der Waals surface area contributed by atoms with Crippen molar-refractivity contribution >= 4 is 5.84 Å². The molecule has 2 atom stereocenters. The van der Waals surface area contributed by atoms with E-state index in [0.29, 0.717) is 6.54 Å². The van der Waals surface area contributed by atoms with Crippen LogP contribution in [0.25, 0.3) is 0 Å². The molecule has 2 rings (SSSR count). The van der Waals surface area contributed by atoms with Gasteiger partial charge in [-0.15, -0.1) is 0 Å². The molecule has 2 aromatic rings. The molecule has 0 spiro atoms. The van der Waals surface area contributed by atoms with Crippen molar-refractivity contribution in [1.82, 2.24) is 5.32 Å². The van der Waals surface area contributed by atoms with Crippen molar-refractivity contribution in [2.75, 3.05) is 6.54 Å². The molecule has 0 radical (unpaired) electrons. The fourth-order valence-corrected chi connectivity index (χ4v) is 2.23. The van der Waals surface area contributed by atoms with Gasteiger partial charge in [-0.1, -0.05) is 35.5 Å². The van der Waals surface area contributed by atoms with E-state index in [1.165, 1.54) is 0 Å². The summed E-state index contributed by atoms with van der Waals surface area (Å²) in [4.78, 5) is 0. The molecule has 0 saturated heterocycles. The topological polar surface area (TPSA) is 83.8 Å². The highest BCUT2D eigenvalue weighted by molar-refractivity contribution is 5.87. The van der Waals surface area contributed by atoms with Crippen molar-refractivity contribution in [3.05, 3.63) is 59.5 Å². The fraction of sp³-hybridized carbons (Fsp3) is 0.312. The number of hydrogen-bond donors (Lipinski definition) is 3. The van der Waals surface area contributed by atoms with Gasteiger partial charge >= 0.3 is 0 Å². The minimum absolute atomic E-state index is 0.0522. The van der Waals surface area contributed by atoms with Crippen LogP contribution in [-0.2, 0) is 0 Å². The van der Waals surface area contributed by atoms with Gasteiger partial charge in [0.25, 0.3) is 0 Å². The van der Waals surface area contributed by atoms with Crippen molar-refractivity contribution < 1.29 is 9.62 Å². The molecular weight excluding hydrogens is 266 g/mol. The van der Waals surface area contributed by atoms with E-state index in [-0.39, 0.29) is 17.8 Å². The molecule has 0 aliphatic rings. The third kappa shape index (κ3) is 3.86. The van der Waals surface area contributed by atoms with Crippen molar-refractivity contribution in [2.45, 2.75) is 25.8 Å². The first-order valence-corrected chi connectivity index (χ1v) is 6.94. The Labute approximate surface area is 124 Å². The zero-order valence-corrected chi connectivity index (χ0v) is 12.3. The van der Waals surface area contributed by atoms with E-state index in [9.17, 15) is 0 Å². The summed E-state index contributed by atoms with van der Waals surface area (Å²) < 4.78 is 5.60. The zero-order chi connectivity index (χ0) is 15.2. The van der Waals surface area contributed by atoms with Crippen LogP contribution in [0.1, 0.15) is 36.0 Å². The lowest BCUT2D eigenvalue weighted by atomic mass is 9.97. The van der Waals surface area contributed by atoms with Crippen molar-refractivity contribution in [3.63, 3.8) is 0 Å². The molecule has 1 aromatic heterocycles. The van der Waals surface area contributed by atoms with Gasteiger partial charge in [0, 0.05) is 6.54 Å². The zero-order valence-electron chi connectivity index (χ0n) is 12.3. The molecule has 0 saturated carbocycles. The van der Waals surface area contributed by atoms with Gasteiger partial charge in [0.05, 0.1) is 12.0 Å². The summed E-state index contributed by atoms with van der Waals surface area (Å²) in [7, 11) is 0. The number of aryl methyl sites for hydroxylation is 1.